The molecule has 0 unspecified atom stereocenters. The molecule has 0 aromatic heterocycles. The van der Waals surface area contributed by atoms with E-state index in [0.29, 0.717) is 12.5 Å². The molecule has 4 nitrogen and oxygen atoms in total. The molecule has 0 fully saturated rings. The highest BCUT2D eigenvalue weighted by molar-refractivity contribution is 5.88. The molecule has 1 N–H and O–H groups in total. The first-order valence-electron chi connectivity index (χ1n) is 7.95. The van der Waals surface area contributed by atoms with Crippen molar-refractivity contribution in [1.82, 2.24) is 5.32 Å². The first kappa shape index (κ1) is 17.1. The van der Waals surface area contributed by atoms with Gasteiger partial charge in [-0.25, -0.2) is 0 Å². The number of aryl methyl sites for hydroxylation is 1. The van der Waals surface area contributed by atoms with Crippen molar-refractivity contribution < 1.29 is 14.3 Å². The SMILES string of the molecule is COc1cc2c(cc1OC)CCC(C=CC(=O)NCC(C)C)=C2. The molecule has 0 atom stereocenters. The molecule has 4 heteroatoms. The smallest absolute Gasteiger partial charge is 0.243 e. The molecule has 0 heterocycles. The van der Waals surface area contributed by atoms with Gasteiger partial charge in [0, 0.05) is 12.6 Å². The van der Waals surface area contributed by atoms with Crippen LogP contribution < -0.4 is 14.8 Å². The summed E-state index contributed by atoms with van der Waals surface area (Å²) in [6.07, 6.45) is 7.46. The third kappa shape index (κ3) is 4.62. The van der Waals surface area contributed by atoms with Gasteiger partial charge in [-0.3, -0.25) is 4.79 Å². The van der Waals surface area contributed by atoms with E-state index in [9.17, 15) is 4.79 Å². The molecular formula is C19H25NO3. The predicted octanol–water partition coefficient (Wildman–Crippen LogP) is 3.36. The number of fused-ring (bicyclic) bond motifs is 1. The molecule has 0 radical (unpaired) electrons. The number of carbonyl (C=O) groups excluding carboxylic acids is 1. The van der Waals surface area contributed by atoms with Crippen LogP contribution in [0.4, 0.5) is 0 Å². The molecule has 2 rings (SSSR count). The van der Waals surface area contributed by atoms with Crippen LogP contribution in [0.15, 0.2) is 29.9 Å². The summed E-state index contributed by atoms with van der Waals surface area (Å²) in [5, 5.41) is 2.88. The number of methoxy groups -OCH3 is 2. The summed E-state index contributed by atoms with van der Waals surface area (Å²) in [7, 11) is 3.28. The number of allylic oxidation sites excluding steroid dienone is 2. The molecular weight excluding hydrogens is 290 g/mol. The van der Waals surface area contributed by atoms with E-state index in [1.165, 1.54) is 5.56 Å². The minimum atomic E-state index is -0.0438. The second kappa shape index (κ2) is 7.86. The van der Waals surface area contributed by atoms with Crippen molar-refractivity contribution >= 4 is 12.0 Å². The molecule has 0 spiro atoms. The highest BCUT2D eigenvalue weighted by Gasteiger charge is 2.14. The number of benzene rings is 1. The average molecular weight is 315 g/mol. The largest absolute Gasteiger partial charge is 0.493 e. The Kier molecular flexibility index (Phi) is 5.85. The minimum Gasteiger partial charge on any atom is -0.493 e. The van der Waals surface area contributed by atoms with Crippen LogP contribution >= 0.6 is 0 Å². The van der Waals surface area contributed by atoms with Gasteiger partial charge in [0.15, 0.2) is 11.5 Å². The highest BCUT2D eigenvalue weighted by Crippen LogP contribution is 2.35. The van der Waals surface area contributed by atoms with E-state index in [4.69, 9.17) is 9.47 Å². The number of rotatable bonds is 6. The number of hydrogen-bond donors (Lipinski definition) is 1. The molecule has 1 amide bonds. The van der Waals surface area contributed by atoms with Crippen LogP contribution in [0.25, 0.3) is 6.08 Å². The number of hydrogen-bond acceptors (Lipinski definition) is 3. The molecule has 1 aliphatic carbocycles. The zero-order valence-corrected chi connectivity index (χ0v) is 14.3. The summed E-state index contributed by atoms with van der Waals surface area (Å²) in [6.45, 7) is 4.85. The molecule has 23 heavy (non-hydrogen) atoms. The number of nitrogens with one attached hydrogen (secondary N) is 1. The lowest BCUT2D eigenvalue weighted by Crippen LogP contribution is -2.25. The summed E-state index contributed by atoms with van der Waals surface area (Å²) < 4.78 is 10.7. The van der Waals surface area contributed by atoms with Crippen molar-refractivity contribution in [3.63, 3.8) is 0 Å². The monoisotopic (exact) mass is 315 g/mol. The van der Waals surface area contributed by atoms with E-state index in [2.05, 4.69) is 25.2 Å². The molecule has 1 aliphatic rings. The summed E-state index contributed by atoms with van der Waals surface area (Å²) in [5.74, 6) is 1.89. The second-order valence-electron chi connectivity index (χ2n) is 6.10. The van der Waals surface area contributed by atoms with E-state index in [-0.39, 0.29) is 5.91 Å². The van der Waals surface area contributed by atoms with Crippen molar-refractivity contribution in [2.75, 3.05) is 20.8 Å². The van der Waals surface area contributed by atoms with Gasteiger partial charge < -0.3 is 14.8 Å². The minimum absolute atomic E-state index is 0.0438. The van der Waals surface area contributed by atoms with E-state index < -0.39 is 0 Å². The maximum atomic E-state index is 11.8. The third-order valence-electron chi connectivity index (χ3n) is 3.80. The van der Waals surface area contributed by atoms with Crippen molar-refractivity contribution in [1.29, 1.82) is 0 Å². The molecule has 0 bridgehead atoms. The fraction of sp³-hybridized carbons (Fsp3) is 0.421. The third-order valence-corrected chi connectivity index (χ3v) is 3.80. The van der Waals surface area contributed by atoms with Gasteiger partial charge in [0.25, 0.3) is 0 Å². The molecule has 0 aliphatic heterocycles. The Morgan fingerprint density at radius 3 is 2.57 bits per heavy atom. The van der Waals surface area contributed by atoms with Gasteiger partial charge in [0.1, 0.15) is 0 Å². The zero-order chi connectivity index (χ0) is 16.8. The van der Waals surface area contributed by atoms with Crippen LogP contribution in [-0.4, -0.2) is 26.7 Å². The fourth-order valence-electron chi connectivity index (χ4n) is 2.52. The van der Waals surface area contributed by atoms with Crippen molar-refractivity contribution in [2.24, 2.45) is 5.92 Å². The van der Waals surface area contributed by atoms with E-state index in [1.54, 1.807) is 20.3 Å². The summed E-state index contributed by atoms with van der Waals surface area (Å²) in [4.78, 5) is 11.8. The van der Waals surface area contributed by atoms with E-state index in [0.717, 1.165) is 35.5 Å². The van der Waals surface area contributed by atoms with Gasteiger partial charge in [-0.05, 0) is 47.6 Å². The van der Waals surface area contributed by atoms with Crippen molar-refractivity contribution in [3.05, 3.63) is 41.0 Å². The number of carbonyl (C=O) groups is 1. The Bertz CT molecular complexity index is 630. The Morgan fingerprint density at radius 1 is 1.22 bits per heavy atom. The van der Waals surface area contributed by atoms with Gasteiger partial charge in [0.2, 0.25) is 5.91 Å². The first-order chi connectivity index (χ1) is 11.0. The fourth-order valence-corrected chi connectivity index (χ4v) is 2.52. The van der Waals surface area contributed by atoms with Crippen LogP contribution in [-0.2, 0) is 11.2 Å². The molecule has 1 aromatic rings. The molecule has 0 saturated heterocycles. The Labute approximate surface area is 138 Å². The van der Waals surface area contributed by atoms with Gasteiger partial charge in [-0.1, -0.05) is 26.0 Å². The lowest BCUT2D eigenvalue weighted by atomic mass is 9.91. The topological polar surface area (TPSA) is 47.6 Å². The Balaban J connectivity index is 2.12. The van der Waals surface area contributed by atoms with Crippen LogP contribution in [0, 0.1) is 5.92 Å². The van der Waals surface area contributed by atoms with Crippen LogP contribution in [0.3, 0.4) is 0 Å². The molecule has 124 valence electrons. The first-order valence-corrected chi connectivity index (χ1v) is 7.95. The van der Waals surface area contributed by atoms with Gasteiger partial charge in [-0.15, -0.1) is 0 Å². The lowest BCUT2D eigenvalue weighted by Gasteiger charge is -2.17. The summed E-state index contributed by atoms with van der Waals surface area (Å²) in [5.41, 5.74) is 3.50. The second-order valence-corrected chi connectivity index (χ2v) is 6.10. The van der Waals surface area contributed by atoms with Crippen LogP contribution in [0.5, 0.6) is 11.5 Å². The van der Waals surface area contributed by atoms with Gasteiger partial charge >= 0.3 is 0 Å². The average Bonchev–Trinajstić information content (AvgIpc) is 2.56. The van der Waals surface area contributed by atoms with Crippen LogP contribution in [0.2, 0.25) is 0 Å². The van der Waals surface area contributed by atoms with Gasteiger partial charge in [0.05, 0.1) is 14.2 Å². The predicted molar refractivity (Wildman–Crippen MR) is 92.8 cm³/mol. The van der Waals surface area contributed by atoms with Crippen LogP contribution in [0.1, 0.15) is 31.4 Å². The maximum Gasteiger partial charge on any atom is 0.243 e. The van der Waals surface area contributed by atoms with Crippen molar-refractivity contribution in [2.45, 2.75) is 26.7 Å². The molecule has 1 aromatic carbocycles. The summed E-state index contributed by atoms with van der Waals surface area (Å²) in [6, 6.07) is 4.01. The van der Waals surface area contributed by atoms with E-state index in [1.807, 2.05) is 18.2 Å². The quantitative estimate of drug-likeness (QED) is 0.819. The lowest BCUT2D eigenvalue weighted by molar-refractivity contribution is -0.116. The van der Waals surface area contributed by atoms with Crippen molar-refractivity contribution in [3.8, 4) is 11.5 Å². The zero-order valence-electron chi connectivity index (χ0n) is 14.3. The number of ether oxygens (including phenoxy) is 2. The number of amides is 1. The Hall–Kier alpha value is -2.23. The normalized spacial score (nSPS) is 13.7. The summed E-state index contributed by atoms with van der Waals surface area (Å²) >= 11 is 0. The standard InChI is InChI=1S/C19H25NO3/c1-13(2)12-20-19(21)8-6-14-5-7-15-10-17(22-3)18(23-4)11-16(15)9-14/h6,8-11,13H,5,7,12H2,1-4H3,(H,20,21). The highest BCUT2D eigenvalue weighted by atomic mass is 16.5. The van der Waals surface area contributed by atoms with Gasteiger partial charge in [-0.2, -0.15) is 0 Å². The van der Waals surface area contributed by atoms with E-state index >= 15 is 0 Å². The molecule has 0 saturated carbocycles. The Morgan fingerprint density at radius 2 is 1.91 bits per heavy atom. The maximum absolute atomic E-state index is 11.8.